The highest BCUT2D eigenvalue weighted by atomic mass is 32.2. The van der Waals surface area contributed by atoms with Gasteiger partial charge in [0, 0.05) is 31.4 Å². The molecule has 1 saturated heterocycles. The highest BCUT2D eigenvalue weighted by Crippen LogP contribution is 2.23. The Bertz CT molecular complexity index is 326. The van der Waals surface area contributed by atoms with Crippen LogP contribution in [-0.4, -0.2) is 54.1 Å². The normalized spacial score (nSPS) is 19.9. The van der Waals surface area contributed by atoms with E-state index < -0.39 is 0 Å². The van der Waals surface area contributed by atoms with Crippen LogP contribution in [0, 0.1) is 5.92 Å². The number of hydrogen-bond donors (Lipinski definition) is 1. The molecule has 1 aliphatic rings. The summed E-state index contributed by atoms with van der Waals surface area (Å²) in [6.45, 7) is 7.82. The maximum atomic E-state index is 12.2. The van der Waals surface area contributed by atoms with E-state index in [4.69, 9.17) is 4.74 Å². The van der Waals surface area contributed by atoms with E-state index in [0.717, 1.165) is 12.8 Å². The van der Waals surface area contributed by atoms with Gasteiger partial charge in [-0.05, 0) is 19.8 Å². The van der Waals surface area contributed by atoms with Crippen LogP contribution in [0.2, 0.25) is 0 Å². The van der Waals surface area contributed by atoms with Crippen molar-refractivity contribution in [3.63, 3.8) is 0 Å². The number of amides is 2. The van der Waals surface area contributed by atoms with E-state index in [1.54, 1.807) is 16.7 Å². The Balaban J connectivity index is 2.40. The molecule has 0 bridgehead atoms. The van der Waals surface area contributed by atoms with Crippen molar-refractivity contribution in [3.05, 3.63) is 0 Å². The molecule has 1 aliphatic heterocycles. The van der Waals surface area contributed by atoms with Gasteiger partial charge in [-0.3, -0.25) is 9.59 Å². The van der Waals surface area contributed by atoms with Crippen LogP contribution in [0.1, 0.15) is 33.6 Å². The summed E-state index contributed by atoms with van der Waals surface area (Å²) in [6, 6.07) is -0.311. The van der Waals surface area contributed by atoms with Crippen LogP contribution in [0.15, 0.2) is 0 Å². The fourth-order valence-electron chi connectivity index (χ4n) is 1.98. The molecule has 0 aromatic carbocycles. The zero-order chi connectivity index (χ0) is 15.0. The smallest absolute Gasteiger partial charge is 0.243 e. The van der Waals surface area contributed by atoms with Crippen molar-refractivity contribution >= 4 is 23.6 Å². The van der Waals surface area contributed by atoms with Crippen molar-refractivity contribution in [1.29, 1.82) is 0 Å². The molecule has 1 rings (SSSR count). The molecular weight excluding hydrogens is 276 g/mol. The van der Waals surface area contributed by atoms with Crippen LogP contribution >= 0.6 is 11.8 Å². The Morgan fingerprint density at radius 3 is 2.85 bits per heavy atom. The van der Waals surface area contributed by atoms with Gasteiger partial charge >= 0.3 is 0 Å². The number of ether oxygens (including phenoxy) is 1. The molecule has 1 fully saturated rings. The number of thioether (sulfide) groups is 1. The lowest BCUT2D eigenvalue weighted by molar-refractivity contribution is -0.140. The monoisotopic (exact) mass is 302 g/mol. The Morgan fingerprint density at radius 1 is 1.45 bits per heavy atom. The third kappa shape index (κ3) is 4.98. The van der Waals surface area contributed by atoms with Gasteiger partial charge in [-0.25, -0.2) is 0 Å². The molecule has 0 aromatic rings. The van der Waals surface area contributed by atoms with Gasteiger partial charge in [0.25, 0.3) is 0 Å². The predicted octanol–water partition coefficient (Wildman–Crippen LogP) is 1.48. The van der Waals surface area contributed by atoms with Crippen molar-refractivity contribution in [2.45, 2.75) is 39.7 Å². The Labute approximate surface area is 125 Å². The SMILES string of the molecule is CCOCCCNC(=O)[C@H]1CSCN1C(=O)[C@H](C)CC. The lowest BCUT2D eigenvalue weighted by Crippen LogP contribution is -2.48. The highest BCUT2D eigenvalue weighted by Gasteiger charge is 2.35. The van der Waals surface area contributed by atoms with Gasteiger partial charge in [0.1, 0.15) is 6.04 Å². The van der Waals surface area contributed by atoms with Gasteiger partial charge < -0.3 is 15.0 Å². The second-order valence-electron chi connectivity index (χ2n) is 4.97. The van der Waals surface area contributed by atoms with Gasteiger partial charge in [-0.1, -0.05) is 13.8 Å². The van der Waals surface area contributed by atoms with E-state index in [0.29, 0.717) is 31.4 Å². The van der Waals surface area contributed by atoms with Crippen molar-refractivity contribution in [1.82, 2.24) is 10.2 Å². The van der Waals surface area contributed by atoms with Crippen molar-refractivity contribution < 1.29 is 14.3 Å². The molecule has 2 atom stereocenters. The minimum Gasteiger partial charge on any atom is -0.382 e. The standard InChI is InChI=1S/C14H26N2O3S/c1-4-11(3)14(18)16-10-20-9-12(16)13(17)15-7-6-8-19-5-2/h11-12H,4-10H2,1-3H3,(H,15,17)/t11-,12-/m1/s1. The summed E-state index contributed by atoms with van der Waals surface area (Å²) in [5.74, 6) is 1.36. The Morgan fingerprint density at radius 2 is 2.20 bits per heavy atom. The predicted molar refractivity (Wildman–Crippen MR) is 81.5 cm³/mol. The summed E-state index contributed by atoms with van der Waals surface area (Å²) in [5.41, 5.74) is 0. The highest BCUT2D eigenvalue weighted by molar-refractivity contribution is 7.99. The van der Waals surface area contributed by atoms with Gasteiger partial charge in [-0.15, -0.1) is 11.8 Å². The van der Waals surface area contributed by atoms with Crippen molar-refractivity contribution in [2.75, 3.05) is 31.4 Å². The molecule has 0 spiro atoms. The minimum absolute atomic E-state index is 0.0121. The maximum Gasteiger partial charge on any atom is 0.243 e. The first-order valence-corrected chi connectivity index (χ1v) is 8.50. The number of nitrogens with zero attached hydrogens (tertiary/aromatic N) is 1. The first-order valence-electron chi connectivity index (χ1n) is 7.35. The summed E-state index contributed by atoms with van der Waals surface area (Å²) in [7, 11) is 0. The topological polar surface area (TPSA) is 58.6 Å². The van der Waals surface area contributed by atoms with E-state index in [1.165, 1.54) is 0 Å². The third-order valence-corrected chi connectivity index (χ3v) is 4.48. The number of nitrogens with one attached hydrogen (secondary N) is 1. The van der Waals surface area contributed by atoms with E-state index in [1.807, 2.05) is 20.8 Å². The molecule has 5 nitrogen and oxygen atoms in total. The number of carbonyl (C=O) groups excluding carboxylic acids is 2. The fourth-order valence-corrected chi connectivity index (χ4v) is 3.15. The largest absolute Gasteiger partial charge is 0.382 e. The van der Waals surface area contributed by atoms with Crippen LogP contribution in [0.5, 0.6) is 0 Å². The molecule has 2 amide bonds. The zero-order valence-electron chi connectivity index (χ0n) is 12.7. The maximum absolute atomic E-state index is 12.2. The van der Waals surface area contributed by atoms with Gasteiger partial charge in [0.15, 0.2) is 0 Å². The first-order chi connectivity index (χ1) is 9.61. The number of carbonyl (C=O) groups is 2. The van der Waals surface area contributed by atoms with E-state index >= 15 is 0 Å². The van der Waals surface area contributed by atoms with Crippen LogP contribution in [0.4, 0.5) is 0 Å². The summed E-state index contributed by atoms with van der Waals surface area (Å²) in [6.07, 6.45) is 1.61. The first kappa shape index (κ1) is 17.3. The van der Waals surface area contributed by atoms with E-state index in [9.17, 15) is 9.59 Å². The van der Waals surface area contributed by atoms with Crippen LogP contribution in [0.25, 0.3) is 0 Å². The average molecular weight is 302 g/mol. The second-order valence-corrected chi connectivity index (χ2v) is 5.97. The molecule has 1 heterocycles. The molecule has 116 valence electrons. The molecule has 0 saturated carbocycles. The molecular formula is C14H26N2O3S. The van der Waals surface area contributed by atoms with Gasteiger partial charge in [0.2, 0.25) is 11.8 Å². The molecule has 1 N–H and O–H groups in total. The lowest BCUT2D eigenvalue weighted by atomic mass is 10.1. The molecule has 0 unspecified atom stereocenters. The molecule has 0 aromatic heterocycles. The van der Waals surface area contributed by atoms with Gasteiger partial charge in [0.05, 0.1) is 5.88 Å². The molecule has 20 heavy (non-hydrogen) atoms. The van der Waals surface area contributed by atoms with Gasteiger partial charge in [-0.2, -0.15) is 0 Å². The molecule has 0 aliphatic carbocycles. The van der Waals surface area contributed by atoms with Crippen LogP contribution < -0.4 is 5.32 Å². The lowest BCUT2D eigenvalue weighted by Gasteiger charge is -2.25. The molecule has 0 radical (unpaired) electrons. The number of hydrogen-bond acceptors (Lipinski definition) is 4. The summed E-state index contributed by atoms with van der Waals surface area (Å²) >= 11 is 1.64. The summed E-state index contributed by atoms with van der Waals surface area (Å²) in [4.78, 5) is 26.1. The molecule has 6 heteroatoms. The van der Waals surface area contributed by atoms with E-state index in [-0.39, 0.29) is 23.8 Å². The minimum atomic E-state index is -0.311. The quantitative estimate of drug-likeness (QED) is 0.690. The second kappa shape index (κ2) is 9.23. The Hall–Kier alpha value is -0.750. The van der Waals surface area contributed by atoms with Crippen molar-refractivity contribution in [3.8, 4) is 0 Å². The van der Waals surface area contributed by atoms with E-state index in [2.05, 4.69) is 5.32 Å². The Kier molecular flexibility index (Phi) is 7.99. The van der Waals surface area contributed by atoms with Crippen molar-refractivity contribution in [2.24, 2.45) is 5.92 Å². The fraction of sp³-hybridized carbons (Fsp3) is 0.857. The summed E-state index contributed by atoms with van der Waals surface area (Å²) in [5, 5.41) is 2.90. The third-order valence-electron chi connectivity index (χ3n) is 3.47. The summed E-state index contributed by atoms with van der Waals surface area (Å²) < 4.78 is 5.23. The zero-order valence-corrected chi connectivity index (χ0v) is 13.5. The van der Waals surface area contributed by atoms with Crippen LogP contribution in [-0.2, 0) is 14.3 Å². The number of rotatable bonds is 8. The van der Waals surface area contributed by atoms with Crippen LogP contribution in [0.3, 0.4) is 0 Å². The average Bonchev–Trinajstić information content (AvgIpc) is 2.94.